The molecule has 0 unspecified atom stereocenters. The fourth-order valence-corrected chi connectivity index (χ4v) is 3.81. The number of carbonyl (C=O) groups excluding carboxylic acids is 1. The van der Waals surface area contributed by atoms with Crippen LogP contribution < -0.4 is 4.74 Å². The molecular formula is C16H13NO3S2. The van der Waals surface area contributed by atoms with Crippen molar-refractivity contribution in [3.63, 3.8) is 0 Å². The van der Waals surface area contributed by atoms with Crippen LogP contribution in [0.5, 0.6) is 5.06 Å². The lowest BCUT2D eigenvalue weighted by atomic mass is 10.2. The number of esters is 1. The first-order chi connectivity index (χ1) is 10.7. The zero-order chi connectivity index (χ0) is 15.5. The van der Waals surface area contributed by atoms with Gasteiger partial charge in [0.1, 0.15) is 9.88 Å². The normalized spacial score (nSPS) is 10.5. The predicted octanol–water partition coefficient (Wildman–Crippen LogP) is 4.33. The summed E-state index contributed by atoms with van der Waals surface area (Å²) in [5.41, 5.74) is 2.79. The fraction of sp³-hybridized carbons (Fsp3) is 0.125. The molecule has 0 N–H and O–H groups in total. The molecule has 0 atom stereocenters. The molecule has 0 aliphatic heterocycles. The summed E-state index contributed by atoms with van der Waals surface area (Å²) in [4.78, 5) is 16.8. The van der Waals surface area contributed by atoms with E-state index in [9.17, 15) is 4.79 Å². The van der Waals surface area contributed by atoms with Crippen molar-refractivity contribution in [2.45, 2.75) is 0 Å². The van der Waals surface area contributed by atoms with Gasteiger partial charge < -0.3 is 9.47 Å². The average molecular weight is 331 g/mol. The van der Waals surface area contributed by atoms with Crippen LogP contribution in [0.3, 0.4) is 0 Å². The molecule has 0 fully saturated rings. The quantitative estimate of drug-likeness (QED) is 0.668. The minimum Gasteiger partial charge on any atom is -0.487 e. The number of rotatable bonds is 4. The SMILES string of the molecule is COC(=O)c1cc(-c2nc(-c3ccccc3)cs2)c(OC)s1. The monoisotopic (exact) mass is 331 g/mol. The molecule has 112 valence electrons. The molecule has 0 bridgehead atoms. The highest BCUT2D eigenvalue weighted by molar-refractivity contribution is 7.17. The third kappa shape index (κ3) is 2.75. The van der Waals surface area contributed by atoms with E-state index < -0.39 is 0 Å². The van der Waals surface area contributed by atoms with Gasteiger partial charge in [0.2, 0.25) is 0 Å². The summed E-state index contributed by atoms with van der Waals surface area (Å²) in [5.74, 6) is -0.366. The minimum absolute atomic E-state index is 0.366. The summed E-state index contributed by atoms with van der Waals surface area (Å²) in [5, 5.41) is 3.48. The molecule has 2 heterocycles. The lowest BCUT2D eigenvalue weighted by molar-refractivity contribution is 0.0606. The average Bonchev–Trinajstić information content (AvgIpc) is 3.21. The molecular weight excluding hydrogens is 318 g/mol. The van der Waals surface area contributed by atoms with Gasteiger partial charge in [-0.3, -0.25) is 0 Å². The molecule has 0 amide bonds. The Labute approximate surface area is 136 Å². The van der Waals surface area contributed by atoms with Crippen LogP contribution >= 0.6 is 22.7 Å². The molecule has 0 aliphatic rings. The number of ether oxygens (including phenoxy) is 2. The van der Waals surface area contributed by atoms with E-state index in [1.54, 1.807) is 13.2 Å². The van der Waals surface area contributed by atoms with Crippen molar-refractivity contribution in [2.75, 3.05) is 14.2 Å². The van der Waals surface area contributed by atoms with E-state index in [1.165, 1.54) is 29.8 Å². The van der Waals surface area contributed by atoms with Crippen molar-refractivity contribution in [3.8, 4) is 26.9 Å². The van der Waals surface area contributed by atoms with Gasteiger partial charge in [-0.05, 0) is 6.07 Å². The standard InChI is InChI=1S/C16H13NO3S2/c1-19-15(18)13-8-11(16(20-2)22-13)14-17-12(9-21-14)10-6-4-3-5-7-10/h3-9H,1-2H3. The van der Waals surface area contributed by atoms with Gasteiger partial charge in [0.25, 0.3) is 0 Å². The molecule has 0 spiro atoms. The Hall–Kier alpha value is -2.18. The van der Waals surface area contributed by atoms with Crippen LogP contribution in [0, 0.1) is 0 Å². The van der Waals surface area contributed by atoms with Crippen molar-refractivity contribution in [3.05, 3.63) is 46.7 Å². The number of carbonyl (C=O) groups is 1. The van der Waals surface area contributed by atoms with E-state index in [-0.39, 0.29) is 5.97 Å². The van der Waals surface area contributed by atoms with Gasteiger partial charge in [0.05, 0.1) is 25.5 Å². The van der Waals surface area contributed by atoms with Gasteiger partial charge in [0, 0.05) is 10.9 Å². The van der Waals surface area contributed by atoms with E-state index in [1.807, 2.05) is 35.7 Å². The van der Waals surface area contributed by atoms with Gasteiger partial charge in [-0.25, -0.2) is 9.78 Å². The lowest BCUT2D eigenvalue weighted by Crippen LogP contribution is -1.96. The van der Waals surface area contributed by atoms with Crippen LogP contribution in [0.25, 0.3) is 21.8 Å². The van der Waals surface area contributed by atoms with Gasteiger partial charge in [-0.15, -0.1) is 11.3 Å². The predicted molar refractivity (Wildman–Crippen MR) is 88.8 cm³/mol. The first-order valence-corrected chi connectivity index (χ1v) is 8.20. The summed E-state index contributed by atoms with van der Waals surface area (Å²) in [7, 11) is 2.95. The fourth-order valence-electron chi connectivity index (χ4n) is 2.02. The van der Waals surface area contributed by atoms with Crippen LogP contribution in [0.2, 0.25) is 0 Å². The van der Waals surface area contributed by atoms with E-state index in [4.69, 9.17) is 9.47 Å². The maximum Gasteiger partial charge on any atom is 0.348 e. The molecule has 2 aromatic heterocycles. The van der Waals surface area contributed by atoms with Crippen LogP contribution in [0.15, 0.2) is 41.8 Å². The van der Waals surface area contributed by atoms with Crippen molar-refractivity contribution >= 4 is 28.6 Å². The molecule has 0 saturated heterocycles. The molecule has 3 rings (SSSR count). The van der Waals surface area contributed by atoms with Gasteiger partial charge in [-0.2, -0.15) is 0 Å². The second kappa shape index (κ2) is 6.29. The van der Waals surface area contributed by atoms with Crippen LogP contribution in [-0.2, 0) is 4.74 Å². The van der Waals surface area contributed by atoms with Crippen LogP contribution in [0.4, 0.5) is 0 Å². The zero-order valence-corrected chi connectivity index (χ0v) is 13.7. The number of aromatic nitrogens is 1. The summed E-state index contributed by atoms with van der Waals surface area (Å²) in [6.07, 6.45) is 0. The Bertz CT molecular complexity index is 793. The third-order valence-corrected chi connectivity index (χ3v) is 5.03. The Morgan fingerprint density at radius 2 is 1.95 bits per heavy atom. The van der Waals surface area contributed by atoms with E-state index in [0.717, 1.165) is 21.8 Å². The minimum atomic E-state index is -0.366. The summed E-state index contributed by atoms with van der Waals surface area (Å²) >= 11 is 2.79. The summed E-state index contributed by atoms with van der Waals surface area (Å²) < 4.78 is 10.1. The molecule has 22 heavy (non-hydrogen) atoms. The highest BCUT2D eigenvalue weighted by Crippen LogP contribution is 2.40. The molecule has 3 aromatic rings. The van der Waals surface area contributed by atoms with Gasteiger partial charge in [0.15, 0.2) is 5.06 Å². The van der Waals surface area contributed by atoms with Gasteiger partial charge >= 0.3 is 5.97 Å². The van der Waals surface area contributed by atoms with Crippen molar-refractivity contribution in [2.24, 2.45) is 0 Å². The van der Waals surface area contributed by atoms with E-state index in [0.29, 0.717) is 9.94 Å². The van der Waals surface area contributed by atoms with Crippen molar-refractivity contribution in [1.82, 2.24) is 4.98 Å². The highest BCUT2D eigenvalue weighted by atomic mass is 32.1. The van der Waals surface area contributed by atoms with Crippen molar-refractivity contribution < 1.29 is 14.3 Å². The largest absolute Gasteiger partial charge is 0.487 e. The Kier molecular flexibility index (Phi) is 4.22. The molecule has 4 nitrogen and oxygen atoms in total. The van der Waals surface area contributed by atoms with Crippen molar-refractivity contribution in [1.29, 1.82) is 0 Å². The maximum atomic E-state index is 11.7. The molecule has 1 aromatic carbocycles. The topological polar surface area (TPSA) is 48.4 Å². The molecule has 0 saturated carbocycles. The summed E-state index contributed by atoms with van der Waals surface area (Å²) in [6, 6.07) is 11.7. The number of hydrogen-bond donors (Lipinski definition) is 0. The zero-order valence-electron chi connectivity index (χ0n) is 12.0. The Morgan fingerprint density at radius 1 is 1.18 bits per heavy atom. The Balaban J connectivity index is 2.00. The number of benzene rings is 1. The second-order valence-corrected chi connectivity index (χ2v) is 6.28. The van der Waals surface area contributed by atoms with Crippen LogP contribution in [0.1, 0.15) is 9.67 Å². The third-order valence-electron chi connectivity index (χ3n) is 3.07. The lowest BCUT2D eigenvalue weighted by Gasteiger charge is -1.98. The Morgan fingerprint density at radius 3 is 2.64 bits per heavy atom. The number of thiazole rings is 1. The van der Waals surface area contributed by atoms with Gasteiger partial charge in [-0.1, -0.05) is 41.7 Å². The highest BCUT2D eigenvalue weighted by Gasteiger charge is 2.19. The first kappa shape index (κ1) is 14.7. The summed E-state index contributed by atoms with van der Waals surface area (Å²) in [6.45, 7) is 0. The number of hydrogen-bond acceptors (Lipinski definition) is 6. The number of methoxy groups -OCH3 is 2. The first-order valence-electron chi connectivity index (χ1n) is 6.50. The second-order valence-electron chi connectivity index (χ2n) is 4.41. The maximum absolute atomic E-state index is 11.7. The molecule has 6 heteroatoms. The van der Waals surface area contributed by atoms with Crippen LogP contribution in [-0.4, -0.2) is 25.2 Å². The van der Waals surface area contributed by atoms with E-state index in [2.05, 4.69) is 4.98 Å². The number of nitrogens with zero attached hydrogens (tertiary/aromatic N) is 1. The molecule has 0 aliphatic carbocycles. The molecule has 0 radical (unpaired) electrons. The smallest absolute Gasteiger partial charge is 0.348 e. The van der Waals surface area contributed by atoms with E-state index >= 15 is 0 Å². The number of thiophene rings is 1.